The molecule has 1 aromatic carbocycles. The Hall–Kier alpha value is -1.93. The second-order valence-corrected chi connectivity index (χ2v) is 3.64. The fourth-order valence-electron chi connectivity index (χ4n) is 1.40. The molecular formula is C11H12N4O. The Morgan fingerprint density at radius 1 is 1.44 bits per heavy atom. The summed E-state index contributed by atoms with van der Waals surface area (Å²) in [6.45, 7) is 3.25. The molecule has 1 heterocycles. The van der Waals surface area contributed by atoms with Gasteiger partial charge in [-0.1, -0.05) is 5.22 Å². The summed E-state index contributed by atoms with van der Waals surface area (Å²) in [5.41, 5.74) is 1.36. The molecule has 0 N–H and O–H groups in total. The standard InChI is InChI=1S/C11H12N4O/c1-9-7-15(8-16-9)14-13-11-4-2-10(6-12)3-5-11/h2-5,9H,7-8H2,1H3. The zero-order chi connectivity index (χ0) is 11.4. The van der Waals surface area contributed by atoms with E-state index in [1.807, 2.05) is 6.92 Å². The van der Waals surface area contributed by atoms with E-state index in [9.17, 15) is 0 Å². The molecule has 1 atom stereocenters. The predicted octanol–water partition coefficient (Wildman–Crippen LogP) is 2.24. The largest absolute Gasteiger partial charge is 0.355 e. The molecule has 1 saturated heterocycles. The average Bonchev–Trinajstić information content (AvgIpc) is 2.73. The van der Waals surface area contributed by atoms with Crippen LogP contribution in [-0.4, -0.2) is 24.4 Å². The Labute approximate surface area is 93.9 Å². The number of hydrogen-bond acceptors (Lipinski definition) is 4. The molecule has 1 aromatic rings. The van der Waals surface area contributed by atoms with Gasteiger partial charge in [0.05, 0.1) is 30.0 Å². The third kappa shape index (κ3) is 2.55. The first-order valence-electron chi connectivity index (χ1n) is 5.06. The summed E-state index contributed by atoms with van der Waals surface area (Å²) < 4.78 is 5.32. The summed E-state index contributed by atoms with van der Waals surface area (Å²) in [6.07, 6.45) is 0.208. The van der Waals surface area contributed by atoms with Gasteiger partial charge in [-0.3, -0.25) is 5.01 Å². The third-order valence-corrected chi connectivity index (χ3v) is 2.26. The number of ether oxygens (including phenoxy) is 1. The minimum atomic E-state index is 0.208. The molecule has 0 aromatic heterocycles. The minimum Gasteiger partial charge on any atom is -0.355 e. The van der Waals surface area contributed by atoms with Crippen LogP contribution in [0.4, 0.5) is 5.69 Å². The van der Waals surface area contributed by atoms with E-state index in [1.165, 1.54) is 0 Å². The molecule has 1 fully saturated rings. The van der Waals surface area contributed by atoms with Crippen LogP contribution in [-0.2, 0) is 4.74 Å². The molecular weight excluding hydrogens is 204 g/mol. The van der Waals surface area contributed by atoms with Gasteiger partial charge in [-0.05, 0) is 31.2 Å². The smallest absolute Gasteiger partial charge is 0.137 e. The van der Waals surface area contributed by atoms with Crippen molar-refractivity contribution in [2.45, 2.75) is 13.0 Å². The Bertz CT molecular complexity index is 421. The van der Waals surface area contributed by atoms with Gasteiger partial charge in [-0.25, -0.2) is 0 Å². The van der Waals surface area contributed by atoms with Crippen molar-refractivity contribution in [3.05, 3.63) is 29.8 Å². The van der Waals surface area contributed by atoms with E-state index in [0.29, 0.717) is 12.3 Å². The molecule has 0 spiro atoms. The highest BCUT2D eigenvalue weighted by molar-refractivity contribution is 5.41. The van der Waals surface area contributed by atoms with Crippen LogP contribution in [0.25, 0.3) is 0 Å². The molecule has 0 bridgehead atoms. The van der Waals surface area contributed by atoms with Crippen molar-refractivity contribution >= 4 is 5.69 Å². The summed E-state index contributed by atoms with van der Waals surface area (Å²) in [5.74, 6) is 0. The molecule has 1 aliphatic rings. The Balaban J connectivity index is 1.98. The molecule has 0 amide bonds. The molecule has 5 nitrogen and oxygen atoms in total. The fraction of sp³-hybridized carbons (Fsp3) is 0.364. The van der Waals surface area contributed by atoms with Crippen molar-refractivity contribution in [3.8, 4) is 6.07 Å². The van der Waals surface area contributed by atoms with Gasteiger partial charge in [0, 0.05) is 0 Å². The van der Waals surface area contributed by atoms with Crippen LogP contribution in [0.5, 0.6) is 0 Å². The monoisotopic (exact) mass is 216 g/mol. The van der Waals surface area contributed by atoms with Gasteiger partial charge in [-0.15, -0.1) is 5.11 Å². The van der Waals surface area contributed by atoms with E-state index in [4.69, 9.17) is 10.00 Å². The van der Waals surface area contributed by atoms with Crippen molar-refractivity contribution in [1.29, 1.82) is 5.26 Å². The maximum Gasteiger partial charge on any atom is 0.137 e. The molecule has 1 aliphatic heterocycles. The van der Waals surface area contributed by atoms with Crippen LogP contribution in [0.1, 0.15) is 12.5 Å². The Morgan fingerprint density at radius 3 is 2.75 bits per heavy atom. The molecule has 2 rings (SSSR count). The van der Waals surface area contributed by atoms with E-state index in [1.54, 1.807) is 29.3 Å². The molecule has 1 unspecified atom stereocenters. The summed E-state index contributed by atoms with van der Waals surface area (Å²) in [7, 11) is 0. The van der Waals surface area contributed by atoms with Crippen LogP contribution < -0.4 is 0 Å². The highest BCUT2D eigenvalue weighted by atomic mass is 16.5. The lowest BCUT2D eigenvalue weighted by Gasteiger charge is -2.04. The molecule has 16 heavy (non-hydrogen) atoms. The molecule has 82 valence electrons. The highest BCUT2D eigenvalue weighted by Crippen LogP contribution is 2.15. The molecule has 5 heteroatoms. The number of nitriles is 1. The van der Waals surface area contributed by atoms with E-state index in [2.05, 4.69) is 16.4 Å². The van der Waals surface area contributed by atoms with E-state index < -0.39 is 0 Å². The van der Waals surface area contributed by atoms with Crippen LogP contribution in [0.2, 0.25) is 0 Å². The van der Waals surface area contributed by atoms with Crippen molar-refractivity contribution in [1.82, 2.24) is 5.01 Å². The van der Waals surface area contributed by atoms with Crippen LogP contribution in [0.3, 0.4) is 0 Å². The van der Waals surface area contributed by atoms with Gasteiger partial charge >= 0.3 is 0 Å². The van der Waals surface area contributed by atoms with E-state index >= 15 is 0 Å². The van der Waals surface area contributed by atoms with Gasteiger partial charge in [0.25, 0.3) is 0 Å². The van der Waals surface area contributed by atoms with E-state index in [-0.39, 0.29) is 6.10 Å². The summed E-state index contributed by atoms with van der Waals surface area (Å²) in [4.78, 5) is 0. The second kappa shape index (κ2) is 4.73. The normalized spacial score (nSPS) is 20.2. The Kier molecular flexibility index (Phi) is 3.13. The average molecular weight is 216 g/mol. The van der Waals surface area contributed by atoms with Crippen molar-refractivity contribution in [2.24, 2.45) is 10.3 Å². The first kappa shape index (κ1) is 10.6. The van der Waals surface area contributed by atoms with Gasteiger partial charge in [0.1, 0.15) is 6.73 Å². The van der Waals surface area contributed by atoms with Crippen LogP contribution in [0.15, 0.2) is 34.6 Å². The first-order chi connectivity index (χ1) is 7.78. The number of benzene rings is 1. The molecule has 0 radical (unpaired) electrons. The second-order valence-electron chi connectivity index (χ2n) is 3.64. The SMILES string of the molecule is CC1CN(N=Nc2ccc(C#N)cc2)CO1. The maximum atomic E-state index is 8.63. The minimum absolute atomic E-state index is 0.208. The fourth-order valence-corrected chi connectivity index (χ4v) is 1.40. The van der Waals surface area contributed by atoms with Gasteiger partial charge in [0.15, 0.2) is 0 Å². The number of rotatable bonds is 2. The lowest BCUT2D eigenvalue weighted by Crippen LogP contribution is -2.13. The zero-order valence-electron chi connectivity index (χ0n) is 9.00. The topological polar surface area (TPSA) is 61.0 Å². The Morgan fingerprint density at radius 2 is 2.19 bits per heavy atom. The first-order valence-corrected chi connectivity index (χ1v) is 5.06. The number of hydrogen-bond donors (Lipinski definition) is 0. The van der Waals surface area contributed by atoms with Gasteiger partial charge in [-0.2, -0.15) is 5.26 Å². The van der Waals surface area contributed by atoms with Crippen molar-refractivity contribution in [3.63, 3.8) is 0 Å². The summed E-state index contributed by atoms with van der Waals surface area (Å²) >= 11 is 0. The quantitative estimate of drug-likeness (QED) is 0.712. The molecule has 0 aliphatic carbocycles. The van der Waals surface area contributed by atoms with Gasteiger partial charge in [0.2, 0.25) is 0 Å². The third-order valence-electron chi connectivity index (χ3n) is 2.26. The summed E-state index contributed by atoms with van der Waals surface area (Å²) in [6, 6.07) is 9.03. The van der Waals surface area contributed by atoms with Crippen LogP contribution >= 0.6 is 0 Å². The van der Waals surface area contributed by atoms with Gasteiger partial charge < -0.3 is 4.74 Å². The van der Waals surface area contributed by atoms with Crippen LogP contribution in [0, 0.1) is 11.3 Å². The highest BCUT2D eigenvalue weighted by Gasteiger charge is 2.17. The summed E-state index contributed by atoms with van der Waals surface area (Å²) in [5, 5.41) is 18.5. The number of nitrogens with zero attached hydrogens (tertiary/aromatic N) is 4. The van der Waals surface area contributed by atoms with E-state index in [0.717, 1.165) is 12.2 Å². The van der Waals surface area contributed by atoms with Crippen molar-refractivity contribution in [2.75, 3.05) is 13.3 Å². The van der Waals surface area contributed by atoms with Crippen molar-refractivity contribution < 1.29 is 4.74 Å². The predicted molar refractivity (Wildman–Crippen MR) is 57.8 cm³/mol. The zero-order valence-corrected chi connectivity index (χ0v) is 9.00. The lowest BCUT2D eigenvalue weighted by molar-refractivity contribution is 0.0978. The maximum absolute atomic E-state index is 8.63. The lowest BCUT2D eigenvalue weighted by atomic mass is 10.2. The molecule has 0 saturated carbocycles.